The van der Waals surface area contributed by atoms with Crippen LogP contribution in [0.15, 0.2) is 42.5 Å². The Labute approximate surface area is 145 Å². The smallest absolute Gasteiger partial charge is 0.238 e. The van der Waals surface area contributed by atoms with E-state index in [1.165, 1.54) is 6.07 Å². The highest BCUT2D eigenvalue weighted by atomic mass is 19.1. The van der Waals surface area contributed by atoms with Gasteiger partial charge in [0.1, 0.15) is 17.4 Å². The average Bonchev–Trinajstić information content (AvgIpc) is 3.05. The maximum atomic E-state index is 13.7. The van der Waals surface area contributed by atoms with Gasteiger partial charge in [-0.25, -0.2) is 8.78 Å². The van der Waals surface area contributed by atoms with Crippen LogP contribution in [0.1, 0.15) is 24.4 Å². The Morgan fingerprint density at radius 2 is 2.12 bits per heavy atom. The lowest BCUT2D eigenvalue weighted by molar-refractivity contribution is -0.117. The maximum Gasteiger partial charge on any atom is 0.238 e. The lowest BCUT2D eigenvalue weighted by atomic mass is 10.0. The van der Waals surface area contributed by atoms with Gasteiger partial charge in [-0.05, 0) is 49.2 Å². The highest BCUT2D eigenvalue weighted by Gasteiger charge is 2.28. The molecule has 3 rings (SSSR count). The second-order valence-electron chi connectivity index (χ2n) is 6.08. The monoisotopic (exact) mass is 346 g/mol. The summed E-state index contributed by atoms with van der Waals surface area (Å²) in [4.78, 5) is 14.3. The number of nitrogens with one attached hydrogen (secondary N) is 1. The first kappa shape index (κ1) is 17.4. The van der Waals surface area contributed by atoms with Crippen LogP contribution in [-0.2, 0) is 4.79 Å². The minimum Gasteiger partial charge on any atom is -0.497 e. The zero-order valence-electron chi connectivity index (χ0n) is 14.0. The van der Waals surface area contributed by atoms with E-state index in [1.807, 2.05) is 24.3 Å². The first-order valence-corrected chi connectivity index (χ1v) is 8.19. The third kappa shape index (κ3) is 4.14. The molecule has 1 atom stereocenters. The molecule has 1 N–H and O–H groups in total. The Hall–Kier alpha value is -2.47. The molecule has 1 heterocycles. The van der Waals surface area contributed by atoms with Crippen LogP contribution in [-0.4, -0.2) is 31.0 Å². The van der Waals surface area contributed by atoms with Crippen molar-refractivity contribution in [3.63, 3.8) is 0 Å². The van der Waals surface area contributed by atoms with Crippen LogP contribution in [0.5, 0.6) is 5.75 Å². The van der Waals surface area contributed by atoms with Crippen LogP contribution in [0.4, 0.5) is 14.5 Å². The summed E-state index contributed by atoms with van der Waals surface area (Å²) < 4.78 is 31.9. The minimum absolute atomic E-state index is 0.0106. The van der Waals surface area contributed by atoms with E-state index in [-0.39, 0.29) is 24.2 Å². The molecule has 0 bridgehead atoms. The number of halogens is 2. The number of carbonyl (C=O) groups is 1. The van der Waals surface area contributed by atoms with Crippen molar-refractivity contribution in [3.8, 4) is 5.75 Å². The van der Waals surface area contributed by atoms with E-state index in [2.05, 4.69) is 10.2 Å². The number of hydrogen-bond donors (Lipinski definition) is 1. The third-order valence-corrected chi connectivity index (χ3v) is 4.39. The first-order chi connectivity index (χ1) is 12.1. The van der Waals surface area contributed by atoms with Gasteiger partial charge in [-0.2, -0.15) is 0 Å². The van der Waals surface area contributed by atoms with Crippen LogP contribution in [0.3, 0.4) is 0 Å². The topological polar surface area (TPSA) is 41.6 Å². The van der Waals surface area contributed by atoms with Crippen LogP contribution < -0.4 is 10.1 Å². The molecular formula is C19H20F2N2O2. The van der Waals surface area contributed by atoms with Gasteiger partial charge in [0.15, 0.2) is 0 Å². The van der Waals surface area contributed by atoms with E-state index >= 15 is 0 Å². The Morgan fingerprint density at radius 3 is 2.88 bits per heavy atom. The summed E-state index contributed by atoms with van der Waals surface area (Å²) in [5, 5.41) is 2.51. The van der Waals surface area contributed by atoms with Crippen molar-refractivity contribution < 1.29 is 18.3 Å². The lowest BCUT2D eigenvalue weighted by Crippen LogP contribution is -2.33. The molecule has 0 spiro atoms. The van der Waals surface area contributed by atoms with Gasteiger partial charge in [0, 0.05) is 12.1 Å². The van der Waals surface area contributed by atoms with Crippen molar-refractivity contribution in [1.29, 1.82) is 0 Å². The Bertz CT molecular complexity index is 767. The second kappa shape index (κ2) is 7.61. The van der Waals surface area contributed by atoms with Crippen molar-refractivity contribution in [2.45, 2.75) is 18.9 Å². The highest BCUT2D eigenvalue weighted by molar-refractivity contribution is 5.92. The standard InChI is InChI=1S/C19H20F2N2O2/c1-25-15-5-2-4-13(10-15)18-6-3-9-23(18)12-19(24)22-17-8-7-14(20)11-16(17)21/h2,4-5,7-8,10-11,18H,3,6,9,12H2,1H3,(H,22,24)/t18-/m0/s1. The van der Waals surface area contributed by atoms with Crippen molar-refractivity contribution in [3.05, 3.63) is 59.7 Å². The minimum atomic E-state index is -0.779. The van der Waals surface area contributed by atoms with Crippen molar-refractivity contribution in [1.82, 2.24) is 4.90 Å². The number of methoxy groups -OCH3 is 1. The summed E-state index contributed by atoms with van der Waals surface area (Å²) in [6.07, 6.45) is 1.94. The summed E-state index contributed by atoms with van der Waals surface area (Å²) in [5.74, 6) is -0.991. The summed E-state index contributed by atoms with van der Waals surface area (Å²) in [7, 11) is 1.62. The Kier molecular flexibility index (Phi) is 5.28. The molecule has 25 heavy (non-hydrogen) atoms. The van der Waals surface area contributed by atoms with Gasteiger partial charge in [-0.1, -0.05) is 12.1 Å². The van der Waals surface area contributed by atoms with E-state index in [9.17, 15) is 13.6 Å². The summed E-state index contributed by atoms with van der Waals surface area (Å²) in [6, 6.07) is 11.0. The number of benzene rings is 2. The molecule has 2 aromatic carbocycles. The second-order valence-corrected chi connectivity index (χ2v) is 6.08. The molecule has 1 aliphatic rings. The van der Waals surface area contributed by atoms with Crippen LogP contribution in [0.25, 0.3) is 0 Å². The number of anilines is 1. The fourth-order valence-corrected chi connectivity index (χ4v) is 3.21. The summed E-state index contributed by atoms with van der Waals surface area (Å²) in [6.45, 7) is 0.944. The number of nitrogens with zero attached hydrogens (tertiary/aromatic N) is 1. The molecule has 132 valence electrons. The number of amides is 1. The fourth-order valence-electron chi connectivity index (χ4n) is 3.21. The van der Waals surface area contributed by atoms with E-state index in [0.29, 0.717) is 0 Å². The SMILES string of the molecule is COc1cccc([C@@H]2CCCN2CC(=O)Nc2ccc(F)cc2F)c1. The Balaban J connectivity index is 1.67. The molecule has 0 radical (unpaired) electrons. The molecule has 1 amide bonds. The van der Waals surface area contributed by atoms with Gasteiger partial charge in [0.25, 0.3) is 0 Å². The molecule has 0 saturated carbocycles. The largest absolute Gasteiger partial charge is 0.497 e. The fraction of sp³-hybridized carbons (Fsp3) is 0.316. The van der Waals surface area contributed by atoms with Crippen LogP contribution in [0, 0.1) is 11.6 Å². The predicted octanol–water partition coefficient (Wildman–Crippen LogP) is 3.75. The van der Waals surface area contributed by atoms with Crippen LogP contribution >= 0.6 is 0 Å². The average molecular weight is 346 g/mol. The number of likely N-dealkylation sites (tertiary alicyclic amines) is 1. The molecule has 0 unspecified atom stereocenters. The van der Waals surface area contributed by atoms with Gasteiger partial charge in [0.2, 0.25) is 5.91 Å². The van der Waals surface area contributed by atoms with Crippen LogP contribution in [0.2, 0.25) is 0 Å². The van der Waals surface area contributed by atoms with Gasteiger partial charge in [-0.3, -0.25) is 9.69 Å². The third-order valence-electron chi connectivity index (χ3n) is 4.39. The first-order valence-electron chi connectivity index (χ1n) is 8.19. The molecule has 2 aromatic rings. The van der Waals surface area contributed by atoms with E-state index < -0.39 is 11.6 Å². The molecule has 4 nitrogen and oxygen atoms in total. The molecule has 6 heteroatoms. The molecule has 0 aliphatic carbocycles. The number of carbonyl (C=O) groups excluding carboxylic acids is 1. The molecule has 1 fully saturated rings. The number of rotatable bonds is 5. The van der Waals surface area contributed by atoms with E-state index in [4.69, 9.17) is 4.74 Å². The van der Waals surface area contributed by atoms with Gasteiger partial charge in [0.05, 0.1) is 19.3 Å². The number of hydrogen-bond acceptors (Lipinski definition) is 3. The van der Waals surface area contributed by atoms with Gasteiger partial charge >= 0.3 is 0 Å². The number of ether oxygens (including phenoxy) is 1. The van der Waals surface area contributed by atoms with Crippen molar-refractivity contribution >= 4 is 11.6 Å². The van der Waals surface area contributed by atoms with Crippen molar-refractivity contribution in [2.24, 2.45) is 0 Å². The molecule has 1 aliphatic heterocycles. The lowest BCUT2D eigenvalue weighted by Gasteiger charge is -2.24. The predicted molar refractivity (Wildman–Crippen MR) is 91.5 cm³/mol. The highest BCUT2D eigenvalue weighted by Crippen LogP contribution is 2.33. The van der Waals surface area contributed by atoms with E-state index in [1.54, 1.807) is 7.11 Å². The van der Waals surface area contributed by atoms with Gasteiger partial charge in [-0.15, -0.1) is 0 Å². The quantitative estimate of drug-likeness (QED) is 0.896. The summed E-state index contributed by atoms with van der Waals surface area (Å²) >= 11 is 0. The zero-order valence-corrected chi connectivity index (χ0v) is 14.0. The molecule has 1 saturated heterocycles. The zero-order chi connectivity index (χ0) is 17.8. The summed E-state index contributed by atoms with van der Waals surface area (Å²) in [5.41, 5.74) is 1.08. The molecular weight excluding hydrogens is 326 g/mol. The maximum absolute atomic E-state index is 13.7. The van der Waals surface area contributed by atoms with E-state index in [0.717, 1.165) is 42.8 Å². The normalized spacial score (nSPS) is 17.5. The van der Waals surface area contributed by atoms with Gasteiger partial charge < -0.3 is 10.1 Å². The molecule has 0 aromatic heterocycles. The Morgan fingerprint density at radius 1 is 1.28 bits per heavy atom. The van der Waals surface area contributed by atoms with Crippen molar-refractivity contribution in [2.75, 3.05) is 25.5 Å².